The van der Waals surface area contributed by atoms with Crippen LogP contribution < -0.4 is 5.32 Å². The molecule has 0 bridgehead atoms. The quantitative estimate of drug-likeness (QED) is 0.521. The van der Waals surface area contributed by atoms with Gasteiger partial charge in [-0.05, 0) is 19.1 Å². The van der Waals surface area contributed by atoms with Gasteiger partial charge < -0.3 is 5.32 Å². The van der Waals surface area contributed by atoms with Crippen molar-refractivity contribution in [2.75, 3.05) is 5.32 Å². The van der Waals surface area contributed by atoms with Gasteiger partial charge in [-0.3, -0.25) is 10.1 Å². The summed E-state index contributed by atoms with van der Waals surface area (Å²) in [6, 6.07) is 0.240. The second-order valence-electron chi connectivity index (χ2n) is 3.75. The predicted molar refractivity (Wildman–Crippen MR) is 57.2 cm³/mol. The summed E-state index contributed by atoms with van der Waals surface area (Å²) in [6.07, 6.45) is -7.54. The van der Waals surface area contributed by atoms with Crippen LogP contribution in [0.4, 0.5) is 33.3 Å². The van der Waals surface area contributed by atoms with Gasteiger partial charge >= 0.3 is 6.18 Å². The zero-order valence-electron chi connectivity index (χ0n) is 9.54. The van der Waals surface area contributed by atoms with Crippen molar-refractivity contribution in [3.05, 3.63) is 33.9 Å². The standard InChI is InChI=1S/C10H9F5N2O2/c1-5(9(11)12)16-7-3-2-6(10(13,14)15)4-8(7)17(18)19/h2-5,9,16H,1H3. The lowest BCUT2D eigenvalue weighted by atomic mass is 10.1. The van der Waals surface area contributed by atoms with E-state index < -0.39 is 34.8 Å². The molecule has 0 aliphatic heterocycles. The lowest BCUT2D eigenvalue weighted by molar-refractivity contribution is -0.384. The van der Waals surface area contributed by atoms with Crippen LogP contribution in [0.5, 0.6) is 0 Å². The minimum absolute atomic E-state index is 0.306. The van der Waals surface area contributed by atoms with E-state index in [1.165, 1.54) is 0 Å². The Labute approximate surface area is 104 Å². The summed E-state index contributed by atoms with van der Waals surface area (Å²) in [5.41, 5.74) is -2.50. The van der Waals surface area contributed by atoms with Gasteiger partial charge in [0.1, 0.15) is 5.69 Å². The lowest BCUT2D eigenvalue weighted by Gasteiger charge is -2.15. The average molecular weight is 284 g/mol. The first-order chi connectivity index (χ1) is 8.62. The maximum atomic E-state index is 12.4. The molecule has 1 aromatic rings. The predicted octanol–water partition coefficient (Wildman–Crippen LogP) is 3.68. The van der Waals surface area contributed by atoms with Gasteiger partial charge in [-0.1, -0.05) is 0 Å². The third-order valence-electron chi connectivity index (χ3n) is 2.28. The van der Waals surface area contributed by atoms with Crippen LogP contribution in [0.3, 0.4) is 0 Å². The number of hydrogen-bond donors (Lipinski definition) is 1. The Morgan fingerprint density at radius 3 is 2.32 bits per heavy atom. The first-order valence-corrected chi connectivity index (χ1v) is 5.03. The van der Waals surface area contributed by atoms with Crippen molar-refractivity contribution >= 4 is 11.4 Å². The minimum Gasteiger partial charge on any atom is -0.371 e. The Morgan fingerprint density at radius 2 is 1.89 bits per heavy atom. The molecule has 1 unspecified atom stereocenters. The Balaban J connectivity index is 3.16. The second-order valence-corrected chi connectivity index (χ2v) is 3.75. The van der Waals surface area contributed by atoms with Crippen molar-refractivity contribution in [1.82, 2.24) is 0 Å². The third kappa shape index (κ3) is 3.76. The molecule has 106 valence electrons. The summed E-state index contributed by atoms with van der Waals surface area (Å²) < 4.78 is 61.8. The Bertz CT molecular complexity index is 475. The lowest BCUT2D eigenvalue weighted by Crippen LogP contribution is -2.24. The Hall–Kier alpha value is -1.93. The molecule has 4 nitrogen and oxygen atoms in total. The number of nitro groups is 1. The smallest absolute Gasteiger partial charge is 0.371 e. The summed E-state index contributed by atoms with van der Waals surface area (Å²) in [4.78, 5) is 9.60. The van der Waals surface area contributed by atoms with Crippen LogP contribution in [-0.4, -0.2) is 17.4 Å². The first kappa shape index (κ1) is 15.1. The van der Waals surface area contributed by atoms with Crippen molar-refractivity contribution in [1.29, 1.82) is 0 Å². The highest BCUT2D eigenvalue weighted by atomic mass is 19.4. The number of nitrogens with zero attached hydrogens (tertiary/aromatic N) is 1. The van der Waals surface area contributed by atoms with E-state index >= 15 is 0 Å². The van der Waals surface area contributed by atoms with Gasteiger partial charge in [0.2, 0.25) is 0 Å². The zero-order valence-corrected chi connectivity index (χ0v) is 9.54. The van der Waals surface area contributed by atoms with Crippen LogP contribution >= 0.6 is 0 Å². The molecule has 0 heterocycles. The van der Waals surface area contributed by atoms with E-state index in [0.29, 0.717) is 12.1 Å². The molecule has 1 aromatic carbocycles. The van der Waals surface area contributed by atoms with Gasteiger partial charge in [-0.2, -0.15) is 13.2 Å². The number of anilines is 1. The summed E-state index contributed by atoms with van der Waals surface area (Å²) in [5, 5.41) is 12.8. The van der Waals surface area contributed by atoms with Gasteiger partial charge in [-0.15, -0.1) is 0 Å². The maximum absolute atomic E-state index is 12.4. The zero-order chi connectivity index (χ0) is 14.8. The first-order valence-electron chi connectivity index (χ1n) is 5.03. The third-order valence-corrected chi connectivity index (χ3v) is 2.28. The molecule has 0 aliphatic carbocycles. The highest BCUT2D eigenvalue weighted by molar-refractivity contribution is 5.63. The fourth-order valence-corrected chi connectivity index (χ4v) is 1.29. The topological polar surface area (TPSA) is 55.2 Å². The summed E-state index contributed by atoms with van der Waals surface area (Å²) in [5.74, 6) is 0. The van der Waals surface area contributed by atoms with E-state index in [-0.39, 0.29) is 5.69 Å². The van der Waals surface area contributed by atoms with Crippen LogP contribution in [0.1, 0.15) is 12.5 Å². The highest BCUT2D eigenvalue weighted by Crippen LogP contribution is 2.35. The van der Waals surface area contributed by atoms with E-state index in [1.807, 2.05) is 0 Å². The van der Waals surface area contributed by atoms with Crippen molar-refractivity contribution < 1.29 is 26.9 Å². The normalized spacial score (nSPS) is 13.4. The largest absolute Gasteiger partial charge is 0.416 e. The fourth-order valence-electron chi connectivity index (χ4n) is 1.29. The number of nitrogens with one attached hydrogen (secondary N) is 1. The number of hydrogen-bond acceptors (Lipinski definition) is 3. The molecule has 0 saturated heterocycles. The Kier molecular flexibility index (Phi) is 4.28. The van der Waals surface area contributed by atoms with Crippen LogP contribution in [0.15, 0.2) is 18.2 Å². The average Bonchev–Trinajstić information content (AvgIpc) is 2.27. The van der Waals surface area contributed by atoms with Gasteiger partial charge in [0.25, 0.3) is 12.1 Å². The molecule has 0 radical (unpaired) electrons. The number of rotatable bonds is 4. The molecule has 9 heteroatoms. The molecule has 0 aromatic heterocycles. The van der Waals surface area contributed by atoms with Crippen molar-refractivity contribution in [2.45, 2.75) is 25.6 Å². The van der Waals surface area contributed by atoms with Crippen molar-refractivity contribution in [2.24, 2.45) is 0 Å². The van der Waals surface area contributed by atoms with Crippen molar-refractivity contribution in [3.8, 4) is 0 Å². The SMILES string of the molecule is CC(Nc1ccc(C(F)(F)F)cc1[N+](=O)[O-])C(F)F. The van der Waals surface area contributed by atoms with Gasteiger partial charge in [0.15, 0.2) is 0 Å². The molecule has 0 aliphatic rings. The van der Waals surface area contributed by atoms with Crippen LogP contribution in [0.25, 0.3) is 0 Å². The summed E-state index contributed by atoms with van der Waals surface area (Å²) >= 11 is 0. The number of halogens is 5. The monoisotopic (exact) mass is 284 g/mol. The number of alkyl halides is 5. The van der Waals surface area contributed by atoms with Crippen molar-refractivity contribution in [3.63, 3.8) is 0 Å². The molecule has 19 heavy (non-hydrogen) atoms. The molecular weight excluding hydrogens is 275 g/mol. The molecular formula is C10H9F5N2O2. The molecule has 0 saturated carbocycles. The molecule has 1 atom stereocenters. The van der Waals surface area contributed by atoms with E-state index in [4.69, 9.17) is 0 Å². The maximum Gasteiger partial charge on any atom is 0.416 e. The van der Waals surface area contributed by atoms with E-state index in [9.17, 15) is 32.1 Å². The van der Waals surface area contributed by atoms with Crippen LogP contribution in [0.2, 0.25) is 0 Å². The number of benzene rings is 1. The summed E-state index contributed by atoms with van der Waals surface area (Å²) in [7, 11) is 0. The molecule has 0 fully saturated rings. The van der Waals surface area contributed by atoms with Crippen LogP contribution in [0, 0.1) is 10.1 Å². The van der Waals surface area contributed by atoms with E-state index in [2.05, 4.69) is 5.32 Å². The molecule has 1 rings (SSSR count). The van der Waals surface area contributed by atoms with E-state index in [1.54, 1.807) is 0 Å². The molecule has 1 N–H and O–H groups in total. The van der Waals surface area contributed by atoms with Gasteiger partial charge in [0, 0.05) is 6.07 Å². The molecule has 0 spiro atoms. The molecule has 0 amide bonds. The van der Waals surface area contributed by atoms with Gasteiger partial charge in [-0.25, -0.2) is 8.78 Å². The highest BCUT2D eigenvalue weighted by Gasteiger charge is 2.33. The summed E-state index contributed by atoms with van der Waals surface area (Å²) in [6.45, 7) is 1.06. The van der Waals surface area contributed by atoms with Gasteiger partial charge in [0.05, 0.1) is 16.5 Å². The minimum atomic E-state index is -4.74. The second kappa shape index (κ2) is 5.37. The fraction of sp³-hybridized carbons (Fsp3) is 0.400. The van der Waals surface area contributed by atoms with Crippen LogP contribution in [-0.2, 0) is 6.18 Å². The van der Waals surface area contributed by atoms with E-state index in [0.717, 1.165) is 13.0 Å². The number of nitro benzene ring substituents is 1. The Morgan fingerprint density at radius 1 is 1.32 bits per heavy atom.